The molecule has 1 heterocycles. The quantitative estimate of drug-likeness (QED) is 0.547. The fourth-order valence-corrected chi connectivity index (χ4v) is 2.32. The Kier molecular flexibility index (Phi) is 3.96. The number of nitrogens with two attached hydrogens (primary N) is 1. The molecule has 0 spiro atoms. The minimum atomic E-state index is -0.615. The van der Waals surface area contributed by atoms with Gasteiger partial charge in [-0.3, -0.25) is 9.59 Å². The predicted molar refractivity (Wildman–Crippen MR) is 68.1 cm³/mol. The maximum Gasteiger partial charge on any atom is 0.251 e. The van der Waals surface area contributed by atoms with Crippen molar-refractivity contribution in [3.05, 3.63) is 27.9 Å². The lowest BCUT2D eigenvalue weighted by Gasteiger charge is -2.10. The van der Waals surface area contributed by atoms with Gasteiger partial charge in [0.15, 0.2) is 0 Å². The van der Waals surface area contributed by atoms with Crippen LogP contribution in [0.1, 0.15) is 24.4 Å². The van der Waals surface area contributed by atoms with Gasteiger partial charge in [-0.25, -0.2) is 4.98 Å². The molecule has 1 aliphatic rings. The number of aliphatic hydroxyl groups is 1. The van der Waals surface area contributed by atoms with Crippen LogP contribution < -0.4 is 16.6 Å². The number of hydrogen-bond acceptors (Lipinski definition) is 5. The van der Waals surface area contributed by atoms with Crippen LogP contribution in [0.2, 0.25) is 0 Å². The lowest BCUT2D eigenvalue weighted by molar-refractivity contribution is -0.125. The Bertz CT molecular complexity index is 518. The molecule has 7 nitrogen and oxygen atoms in total. The molecule has 0 aliphatic heterocycles. The summed E-state index contributed by atoms with van der Waals surface area (Å²) < 4.78 is 0. The molecular weight excluding hydrogens is 248 g/mol. The molecule has 0 bridgehead atoms. The summed E-state index contributed by atoms with van der Waals surface area (Å²) in [6, 6.07) is 1.01. The number of rotatable bonds is 3. The molecular formula is C12H18N4O3. The number of nitrogens with one attached hydrogen (secondary N) is 2. The van der Waals surface area contributed by atoms with Crippen molar-refractivity contribution in [3.63, 3.8) is 0 Å². The van der Waals surface area contributed by atoms with Gasteiger partial charge in [0, 0.05) is 18.0 Å². The molecule has 2 rings (SSSR count). The van der Waals surface area contributed by atoms with Crippen molar-refractivity contribution in [1.82, 2.24) is 15.3 Å². The van der Waals surface area contributed by atoms with Gasteiger partial charge in [-0.2, -0.15) is 0 Å². The molecule has 1 aromatic heterocycles. The maximum absolute atomic E-state index is 11.9. The third-order valence-electron chi connectivity index (χ3n) is 3.30. The standard InChI is InChI=1S/C12H18N4O3/c1-6-15-8(4-11(18)16-6)5-14-12(19)7-2-9(13)10(17)3-7/h4,7,9-10,17H,2-3,5,13H2,1H3,(H,14,19)(H,15,16,18)/t7-,9-,10-/m0/s1. The number of hydrogen-bond donors (Lipinski definition) is 4. The van der Waals surface area contributed by atoms with Gasteiger partial charge in [-0.15, -0.1) is 0 Å². The zero-order valence-electron chi connectivity index (χ0n) is 10.7. The van der Waals surface area contributed by atoms with E-state index in [9.17, 15) is 14.7 Å². The van der Waals surface area contributed by atoms with E-state index in [0.29, 0.717) is 24.4 Å². The van der Waals surface area contributed by atoms with Crippen molar-refractivity contribution in [2.75, 3.05) is 0 Å². The highest BCUT2D eigenvalue weighted by Gasteiger charge is 2.34. The Morgan fingerprint density at radius 1 is 1.63 bits per heavy atom. The van der Waals surface area contributed by atoms with Crippen molar-refractivity contribution in [3.8, 4) is 0 Å². The second-order valence-corrected chi connectivity index (χ2v) is 4.94. The highest BCUT2D eigenvalue weighted by atomic mass is 16.3. The van der Waals surface area contributed by atoms with Crippen LogP contribution in [0, 0.1) is 12.8 Å². The predicted octanol–water partition coefficient (Wildman–Crippen LogP) is -1.21. The number of aromatic nitrogens is 2. The van der Waals surface area contributed by atoms with Gasteiger partial charge >= 0.3 is 0 Å². The zero-order chi connectivity index (χ0) is 14.0. The number of aromatic amines is 1. The van der Waals surface area contributed by atoms with E-state index in [1.165, 1.54) is 6.07 Å². The van der Waals surface area contributed by atoms with Crippen LogP contribution in [0.15, 0.2) is 10.9 Å². The number of amides is 1. The smallest absolute Gasteiger partial charge is 0.251 e. The van der Waals surface area contributed by atoms with E-state index in [4.69, 9.17) is 5.73 Å². The third kappa shape index (κ3) is 3.39. The molecule has 3 atom stereocenters. The number of carbonyl (C=O) groups is 1. The first-order chi connectivity index (χ1) is 8.95. The highest BCUT2D eigenvalue weighted by molar-refractivity contribution is 5.79. The van der Waals surface area contributed by atoms with E-state index in [-0.39, 0.29) is 30.0 Å². The average molecular weight is 266 g/mol. The van der Waals surface area contributed by atoms with Crippen molar-refractivity contribution in [1.29, 1.82) is 0 Å². The Hall–Kier alpha value is -1.73. The Morgan fingerprint density at radius 2 is 2.37 bits per heavy atom. The van der Waals surface area contributed by atoms with Crippen molar-refractivity contribution in [2.24, 2.45) is 11.7 Å². The summed E-state index contributed by atoms with van der Waals surface area (Å²) in [7, 11) is 0. The molecule has 7 heteroatoms. The molecule has 0 unspecified atom stereocenters. The van der Waals surface area contributed by atoms with Gasteiger partial charge in [0.1, 0.15) is 5.82 Å². The van der Waals surface area contributed by atoms with Crippen LogP contribution in [0.3, 0.4) is 0 Å². The molecule has 1 saturated carbocycles. The molecule has 1 fully saturated rings. The summed E-state index contributed by atoms with van der Waals surface area (Å²) in [4.78, 5) is 29.8. The number of aryl methyl sites for hydroxylation is 1. The second-order valence-electron chi connectivity index (χ2n) is 4.94. The summed E-state index contributed by atoms with van der Waals surface area (Å²) in [5.74, 6) is 0.0786. The lowest BCUT2D eigenvalue weighted by atomic mass is 10.1. The van der Waals surface area contributed by atoms with Crippen LogP contribution >= 0.6 is 0 Å². The minimum Gasteiger partial charge on any atom is -0.391 e. The van der Waals surface area contributed by atoms with Crippen molar-refractivity contribution < 1.29 is 9.90 Å². The van der Waals surface area contributed by atoms with Gasteiger partial charge in [0.25, 0.3) is 5.56 Å². The largest absolute Gasteiger partial charge is 0.391 e. The Labute approximate surface area is 110 Å². The molecule has 0 saturated heterocycles. The van der Waals surface area contributed by atoms with E-state index in [0.717, 1.165) is 0 Å². The van der Waals surface area contributed by atoms with E-state index in [1.807, 2.05) is 0 Å². The Balaban J connectivity index is 1.92. The van der Waals surface area contributed by atoms with Gasteiger partial charge in [-0.1, -0.05) is 0 Å². The highest BCUT2D eigenvalue weighted by Crippen LogP contribution is 2.24. The monoisotopic (exact) mass is 266 g/mol. The molecule has 1 aliphatic carbocycles. The molecule has 0 radical (unpaired) electrons. The summed E-state index contributed by atoms with van der Waals surface area (Å²) in [5.41, 5.74) is 5.94. The van der Waals surface area contributed by atoms with Crippen LogP contribution in [-0.2, 0) is 11.3 Å². The van der Waals surface area contributed by atoms with Gasteiger partial charge in [0.05, 0.1) is 18.3 Å². The molecule has 1 amide bonds. The van der Waals surface area contributed by atoms with Crippen LogP contribution in [0.4, 0.5) is 0 Å². The molecule has 1 aromatic rings. The first-order valence-corrected chi connectivity index (χ1v) is 6.24. The number of H-pyrrole nitrogens is 1. The van der Waals surface area contributed by atoms with E-state index in [1.54, 1.807) is 6.92 Å². The van der Waals surface area contributed by atoms with Crippen LogP contribution in [-0.4, -0.2) is 33.1 Å². The van der Waals surface area contributed by atoms with Crippen LogP contribution in [0.25, 0.3) is 0 Å². The first kappa shape index (κ1) is 13.7. The fourth-order valence-electron chi connectivity index (χ4n) is 2.32. The van der Waals surface area contributed by atoms with Gasteiger partial charge < -0.3 is 21.1 Å². The summed E-state index contributed by atoms with van der Waals surface area (Å²) in [5, 5.41) is 12.2. The third-order valence-corrected chi connectivity index (χ3v) is 3.30. The van der Waals surface area contributed by atoms with Crippen LogP contribution in [0.5, 0.6) is 0 Å². The minimum absolute atomic E-state index is 0.160. The van der Waals surface area contributed by atoms with E-state index in [2.05, 4.69) is 15.3 Å². The average Bonchev–Trinajstić information content (AvgIpc) is 2.65. The number of carbonyl (C=O) groups excluding carboxylic acids is 1. The van der Waals surface area contributed by atoms with E-state index < -0.39 is 6.10 Å². The SMILES string of the molecule is Cc1nc(CNC(=O)[C@H]2C[C@H](N)[C@@H](O)C2)cc(=O)[nH]1. The molecule has 5 N–H and O–H groups in total. The van der Waals surface area contributed by atoms with Crippen molar-refractivity contribution >= 4 is 5.91 Å². The lowest BCUT2D eigenvalue weighted by Crippen LogP contribution is -2.31. The van der Waals surface area contributed by atoms with E-state index >= 15 is 0 Å². The zero-order valence-corrected chi connectivity index (χ0v) is 10.7. The number of nitrogens with zero attached hydrogens (tertiary/aromatic N) is 1. The maximum atomic E-state index is 11.9. The normalized spacial score (nSPS) is 26.4. The molecule has 0 aromatic carbocycles. The Morgan fingerprint density at radius 3 is 2.95 bits per heavy atom. The summed E-state index contributed by atoms with van der Waals surface area (Å²) in [6.45, 7) is 1.88. The number of aliphatic hydroxyl groups excluding tert-OH is 1. The topological polar surface area (TPSA) is 121 Å². The molecule has 104 valence electrons. The second kappa shape index (κ2) is 5.50. The first-order valence-electron chi connectivity index (χ1n) is 6.24. The summed E-state index contributed by atoms with van der Waals surface area (Å²) in [6.07, 6.45) is 0.250. The summed E-state index contributed by atoms with van der Waals surface area (Å²) >= 11 is 0. The van der Waals surface area contributed by atoms with Gasteiger partial charge in [0.2, 0.25) is 5.91 Å². The van der Waals surface area contributed by atoms with Crippen molar-refractivity contribution in [2.45, 2.75) is 38.5 Å². The molecule has 19 heavy (non-hydrogen) atoms. The van der Waals surface area contributed by atoms with Gasteiger partial charge in [-0.05, 0) is 19.8 Å². The fraction of sp³-hybridized carbons (Fsp3) is 0.583.